The number of pyridine rings is 2. The molecule has 0 aliphatic carbocycles. The molecule has 0 aliphatic rings. The topological polar surface area (TPSA) is 17.0 Å². The van der Waals surface area contributed by atoms with Crippen molar-refractivity contribution in [1.29, 1.82) is 0 Å². The van der Waals surface area contributed by atoms with E-state index in [9.17, 15) is 0 Å². The van der Waals surface area contributed by atoms with Crippen LogP contribution in [0.1, 0.15) is 6.42 Å². The minimum absolute atomic E-state index is 0.735. The summed E-state index contributed by atoms with van der Waals surface area (Å²) in [5, 5.41) is 2.55. The van der Waals surface area contributed by atoms with Gasteiger partial charge in [-0.25, -0.2) is 0 Å². The highest BCUT2D eigenvalue weighted by atomic mass is 16.5. The van der Waals surface area contributed by atoms with Crippen molar-refractivity contribution >= 4 is 21.8 Å². The van der Waals surface area contributed by atoms with Crippen molar-refractivity contribution in [3.05, 3.63) is 85.2 Å². The average molecular weight is 344 g/mol. The lowest BCUT2D eigenvalue weighted by Gasteiger charge is -2.04. The Morgan fingerprint density at radius 3 is 1.77 bits per heavy atom. The number of benzene rings is 2. The first-order valence-corrected chi connectivity index (χ1v) is 9.24. The number of rotatable bonds is 7. The molecule has 0 fully saturated rings. The summed E-state index contributed by atoms with van der Waals surface area (Å²) in [5.41, 5.74) is 2.53. The monoisotopic (exact) mass is 344 g/mol. The van der Waals surface area contributed by atoms with Crippen LogP contribution in [0.15, 0.2) is 85.2 Å². The van der Waals surface area contributed by atoms with Crippen LogP contribution in [0.3, 0.4) is 0 Å². The molecule has 2 aromatic carbocycles. The van der Waals surface area contributed by atoms with Gasteiger partial charge in [-0.2, -0.15) is 9.13 Å². The molecule has 0 radical (unpaired) electrons. The number of hydrogen-bond donors (Lipinski definition) is 0. The van der Waals surface area contributed by atoms with Gasteiger partial charge in [0.15, 0.2) is 25.5 Å². The van der Waals surface area contributed by atoms with E-state index in [2.05, 4.69) is 94.3 Å². The number of aryl methyl sites for hydroxylation is 1. The van der Waals surface area contributed by atoms with E-state index in [1.165, 1.54) is 21.8 Å². The van der Waals surface area contributed by atoms with Crippen molar-refractivity contribution in [1.82, 2.24) is 0 Å². The van der Waals surface area contributed by atoms with E-state index >= 15 is 0 Å². The molecule has 0 saturated carbocycles. The summed E-state index contributed by atoms with van der Waals surface area (Å²) in [6, 6.07) is 25.5. The van der Waals surface area contributed by atoms with Crippen LogP contribution in [-0.2, 0) is 17.8 Å². The molecule has 0 aliphatic heterocycles. The number of fused-ring (bicyclic) bond motifs is 2. The van der Waals surface area contributed by atoms with E-state index < -0.39 is 0 Å². The molecule has 4 aromatic rings. The van der Waals surface area contributed by atoms with Gasteiger partial charge in [-0.15, -0.1) is 0 Å². The van der Waals surface area contributed by atoms with Crippen LogP contribution in [-0.4, -0.2) is 13.2 Å². The molecule has 0 saturated heterocycles. The fourth-order valence-electron chi connectivity index (χ4n) is 3.43. The Morgan fingerprint density at radius 2 is 1.12 bits per heavy atom. The molecule has 0 unspecified atom stereocenters. The van der Waals surface area contributed by atoms with E-state index in [-0.39, 0.29) is 0 Å². The van der Waals surface area contributed by atoms with Gasteiger partial charge in [-0.1, -0.05) is 24.3 Å². The molecular formula is C23H24N2O+2. The highest BCUT2D eigenvalue weighted by Gasteiger charge is 2.08. The quantitative estimate of drug-likeness (QED) is 0.369. The second-order valence-electron chi connectivity index (χ2n) is 6.49. The van der Waals surface area contributed by atoms with E-state index in [0.29, 0.717) is 0 Å². The minimum atomic E-state index is 0.735. The van der Waals surface area contributed by atoms with Gasteiger partial charge in [0.1, 0.15) is 6.61 Å². The summed E-state index contributed by atoms with van der Waals surface area (Å²) in [6.07, 6.45) is 5.28. The maximum Gasteiger partial charge on any atom is 0.212 e. The number of aromatic nitrogens is 2. The Hall–Kier alpha value is -2.78. The molecule has 130 valence electrons. The minimum Gasteiger partial charge on any atom is -0.375 e. The standard InChI is InChI=1S/C23H24N2O/c1-3-12-22-20(8-1)10-5-14-24(22)16-7-18-26-19-17-25-15-6-11-21-9-2-4-13-23(21)25/h1-6,8-15H,7,16-19H2/q+2. The largest absolute Gasteiger partial charge is 0.375 e. The molecular weight excluding hydrogens is 320 g/mol. The number of para-hydroxylation sites is 2. The van der Waals surface area contributed by atoms with Gasteiger partial charge in [0.25, 0.3) is 0 Å². The summed E-state index contributed by atoms with van der Waals surface area (Å²) < 4.78 is 10.4. The smallest absolute Gasteiger partial charge is 0.212 e. The summed E-state index contributed by atoms with van der Waals surface area (Å²) in [7, 11) is 0. The van der Waals surface area contributed by atoms with Gasteiger partial charge in [0.2, 0.25) is 11.0 Å². The first-order chi connectivity index (χ1) is 12.9. The molecule has 2 aromatic heterocycles. The van der Waals surface area contributed by atoms with Gasteiger partial charge in [-0.05, 0) is 24.3 Å². The zero-order valence-electron chi connectivity index (χ0n) is 14.9. The summed E-state index contributed by atoms with van der Waals surface area (Å²) in [5.74, 6) is 0. The van der Waals surface area contributed by atoms with Crippen LogP contribution in [0.4, 0.5) is 0 Å². The maximum absolute atomic E-state index is 5.89. The van der Waals surface area contributed by atoms with Crippen LogP contribution in [0, 0.1) is 0 Å². The molecule has 0 amide bonds. The van der Waals surface area contributed by atoms with Gasteiger partial charge in [0.05, 0.1) is 6.61 Å². The van der Waals surface area contributed by atoms with Gasteiger partial charge in [-0.3, -0.25) is 0 Å². The van der Waals surface area contributed by atoms with Crippen LogP contribution < -0.4 is 9.13 Å². The lowest BCUT2D eigenvalue weighted by Crippen LogP contribution is -2.37. The molecule has 3 heteroatoms. The fraction of sp³-hybridized carbons (Fsp3) is 0.217. The van der Waals surface area contributed by atoms with Crippen LogP contribution >= 0.6 is 0 Å². The van der Waals surface area contributed by atoms with E-state index in [1.807, 2.05) is 0 Å². The molecule has 2 heterocycles. The van der Waals surface area contributed by atoms with E-state index in [1.54, 1.807) is 0 Å². The number of hydrogen-bond acceptors (Lipinski definition) is 1. The molecule has 0 spiro atoms. The second kappa shape index (κ2) is 8.07. The van der Waals surface area contributed by atoms with Crippen molar-refractivity contribution in [3.8, 4) is 0 Å². The Labute approximate surface area is 154 Å². The number of nitrogens with zero attached hydrogens (tertiary/aromatic N) is 2. The fourth-order valence-corrected chi connectivity index (χ4v) is 3.43. The molecule has 0 bridgehead atoms. The Morgan fingerprint density at radius 1 is 0.577 bits per heavy atom. The lowest BCUT2D eigenvalue weighted by molar-refractivity contribution is -0.675. The molecule has 4 rings (SSSR count). The molecule has 0 N–H and O–H groups in total. The first-order valence-electron chi connectivity index (χ1n) is 9.24. The van der Waals surface area contributed by atoms with E-state index in [4.69, 9.17) is 4.74 Å². The number of ether oxygens (including phenoxy) is 1. The molecule has 3 nitrogen and oxygen atoms in total. The third-order valence-electron chi connectivity index (χ3n) is 4.74. The van der Waals surface area contributed by atoms with Crippen molar-refractivity contribution in [3.63, 3.8) is 0 Å². The summed E-state index contributed by atoms with van der Waals surface area (Å²) >= 11 is 0. The van der Waals surface area contributed by atoms with Crippen LogP contribution in [0.2, 0.25) is 0 Å². The van der Waals surface area contributed by atoms with Gasteiger partial charge in [0, 0.05) is 41.5 Å². The van der Waals surface area contributed by atoms with Crippen molar-refractivity contribution in [2.24, 2.45) is 0 Å². The average Bonchev–Trinajstić information content (AvgIpc) is 2.71. The van der Waals surface area contributed by atoms with Crippen LogP contribution in [0.5, 0.6) is 0 Å². The van der Waals surface area contributed by atoms with Crippen LogP contribution in [0.25, 0.3) is 21.8 Å². The van der Waals surface area contributed by atoms with Gasteiger partial charge < -0.3 is 4.74 Å². The summed E-state index contributed by atoms with van der Waals surface area (Å²) in [4.78, 5) is 0. The Kier molecular flexibility index (Phi) is 5.17. The highest BCUT2D eigenvalue weighted by molar-refractivity contribution is 5.75. The third-order valence-corrected chi connectivity index (χ3v) is 4.74. The predicted octanol–water partition coefficient (Wildman–Crippen LogP) is 3.67. The Balaban J connectivity index is 1.28. The molecule has 0 atom stereocenters. The van der Waals surface area contributed by atoms with Gasteiger partial charge >= 0.3 is 0 Å². The third kappa shape index (κ3) is 3.73. The van der Waals surface area contributed by atoms with E-state index in [0.717, 1.165) is 32.7 Å². The predicted molar refractivity (Wildman–Crippen MR) is 104 cm³/mol. The first kappa shape index (κ1) is 16.7. The normalized spacial score (nSPS) is 11.2. The van der Waals surface area contributed by atoms with Crippen molar-refractivity contribution in [2.75, 3.05) is 13.2 Å². The second-order valence-corrected chi connectivity index (χ2v) is 6.49. The lowest BCUT2D eigenvalue weighted by atomic mass is 10.2. The van der Waals surface area contributed by atoms with Crippen molar-refractivity contribution < 1.29 is 13.9 Å². The SMILES string of the molecule is c1ccc2c(c1)ccc[n+]2CCCOCC[n+]1cccc2ccccc21. The Bertz CT molecular complexity index is 919. The summed E-state index contributed by atoms with van der Waals surface area (Å²) in [6.45, 7) is 3.37. The van der Waals surface area contributed by atoms with Crippen molar-refractivity contribution in [2.45, 2.75) is 19.5 Å². The zero-order chi connectivity index (χ0) is 17.6. The maximum atomic E-state index is 5.89. The molecule has 26 heavy (non-hydrogen) atoms. The highest BCUT2D eigenvalue weighted by Crippen LogP contribution is 2.08. The zero-order valence-corrected chi connectivity index (χ0v) is 14.9.